The van der Waals surface area contributed by atoms with E-state index in [1.807, 2.05) is 6.92 Å². The summed E-state index contributed by atoms with van der Waals surface area (Å²) in [5.74, 6) is -0.683. The lowest BCUT2D eigenvalue weighted by molar-refractivity contribution is -0.144. The fourth-order valence-corrected chi connectivity index (χ4v) is 3.62. The molecule has 2 unspecified atom stereocenters. The van der Waals surface area contributed by atoms with Gasteiger partial charge in [-0.3, -0.25) is 9.69 Å². The number of hydrogen-bond donors (Lipinski definition) is 1. The minimum Gasteiger partial charge on any atom is -0.480 e. The number of nitrogens with zero attached hydrogens (tertiary/aromatic N) is 1. The third-order valence-corrected chi connectivity index (χ3v) is 4.57. The monoisotopic (exact) mass is 253 g/mol. The molecule has 0 aliphatic carbocycles. The average Bonchev–Trinajstić information content (AvgIpc) is 2.76. The van der Waals surface area contributed by atoms with Crippen LogP contribution in [0.4, 0.5) is 0 Å². The first-order valence-electron chi connectivity index (χ1n) is 6.20. The van der Waals surface area contributed by atoms with Crippen LogP contribution in [0.25, 0.3) is 0 Å². The Morgan fingerprint density at radius 2 is 2.47 bits per heavy atom. The van der Waals surface area contributed by atoms with Gasteiger partial charge in [-0.25, -0.2) is 0 Å². The molecule has 0 fully saturated rings. The van der Waals surface area contributed by atoms with Crippen molar-refractivity contribution >= 4 is 17.3 Å². The van der Waals surface area contributed by atoms with Gasteiger partial charge in [0.05, 0.1) is 0 Å². The Morgan fingerprint density at radius 1 is 1.71 bits per heavy atom. The molecule has 1 aliphatic heterocycles. The van der Waals surface area contributed by atoms with Crippen molar-refractivity contribution in [3.8, 4) is 0 Å². The molecule has 17 heavy (non-hydrogen) atoms. The van der Waals surface area contributed by atoms with Gasteiger partial charge < -0.3 is 5.11 Å². The molecule has 0 aromatic carbocycles. The number of fused-ring (bicyclic) bond motifs is 1. The van der Waals surface area contributed by atoms with Crippen LogP contribution in [0.2, 0.25) is 0 Å². The predicted octanol–water partition coefficient (Wildman–Crippen LogP) is 2.92. The molecule has 2 rings (SSSR count). The molecule has 0 radical (unpaired) electrons. The molecule has 0 saturated heterocycles. The highest BCUT2D eigenvalue weighted by Crippen LogP contribution is 2.34. The molecular formula is C13H19NO2S. The van der Waals surface area contributed by atoms with E-state index in [1.165, 1.54) is 10.4 Å². The van der Waals surface area contributed by atoms with Gasteiger partial charge in [-0.1, -0.05) is 13.3 Å². The largest absolute Gasteiger partial charge is 0.480 e. The summed E-state index contributed by atoms with van der Waals surface area (Å²) >= 11 is 1.79. The van der Waals surface area contributed by atoms with E-state index in [2.05, 4.69) is 23.3 Å². The van der Waals surface area contributed by atoms with Crippen LogP contribution in [0.1, 0.15) is 43.2 Å². The highest BCUT2D eigenvalue weighted by molar-refractivity contribution is 7.10. The summed E-state index contributed by atoms with van der Waals surface area (Å²) in [7, 11) is 0. The van der Waals surface area contributed by atoms with Crippen molar-refractivity contribution in [1.82, 2.24) is 4.90 Å². The summed E-state index contributed by atoms with van der Waals surface area (Å²) in [5, 5.41) is 11.4. The maximum Gasteiger partial charge on any atom is 0.320 e. The first-order chi connectivity index (χ1) is 8.15. The molecular weight excluding hydrogens is 234 g/mol. The van der Waals surface area contributed by atoms with Crippen LogP contribution in [0.5, 0.6) is 0 Å². The van der Waals surface area contributed by atoms with Crippen molar-refractivity contribution in [2.45, 2.75) is 45.2 Å². The zero-order chi connectivity index (χ0) is 12.4. The molecule has 1 N–H and O–H groups in total. The van der Waals surface area contributed by atoms with E-state index in [0.717, 1.165) is 25.8 Å². The van der Waals surface area contributed by atoms with E-state index in [-0.39, 0.29) is 12.1 Å². The van der Waals surface area contributed by atoms with Gasteiger partial charge in [0.25, 0.3) is 0 Å². The van der Waals surface area contributed by atoms with Crippen molar-refractivity contribution in [3.63, 3.8) is 0 Å². The average molecular weight is 253 g/mol. The predicted molar refractivity (Wildman–Crippen MR) is 69.5 cm³/mol. The van der Waals surface area contributed by atoms with Gasteiger partial charge in [0.1, 0.15) is 6.04 Å². The lowest BCUT2D eigenvalue weighted by atomic mass is 9.97. The molecule has 3 nitrogen and oxygen atoms in total. The Morgan fingerprint density at radius 3 is 3.12 bits per heavy atom. The highest BCUT2D eigenvalue weighted by Gasteiger charge is 2.33. The van der Waals surface area contributed by atoms with E-state index in [0.29, 0.717) is 0 Å². The Bertz CT molecular complexity index is 402. The van der Waals surface area contributed by atoms with Crippen molar-refractivity contribution in [2.24, 2.45) is 0 Å². The van der Waals surface area contributed by atoms with Crippen LogP contribution in [0.3, 0.4) is 0 Å². The summed E-state index contributed by atoms with van der Waals surface area (Å²) in [4.78, 5) is 14.9. The Balaban J connectivity index is 2.20. The van der Waals surface area contributed by atoms with Crippen molar-refractivity contribution < 1.29 is 9.90 Å². The van der Waals surface area contributed by atoms with Gasteiger partial charge in [0, 0.05) is 17.5 Å². The standard InChI is InChI=1S/C13H19NO2S/c1-3-4-11(13(15)16)14-7-5-12-10(9(14)2)6-8-17-12/h6,8-9,11H,3-5,7H2,1-2H3,(H,15,16). The summed E-state index contributed by atoms with van der Waals surface area (Å²) in [6.45, 7) is 5.03. The number of rotatable bonds is 4. The smallest absolute Gasteiger partial charge is 0.320 e. The summed E-state index contributed by atoms with van der Waals surface area (Å²) in [6, 6.07) is 2.04. The molecule has 0 amide bonds. The number of carboxylic acids is 1. The number of carbonyl (C=O) groups is 1. The molecule has 2 heterocycles. The molecule has 1 aliphatic rings. The number of thiophene rings is 1. The molecule has 1 aromatic heterocycles. The fourth-order valence-electron chi connectivity index (χ4n) is 2.66. The maximum absolute atomic E-state index is 11.3. The summed E-state index contributed by atoms with van der Waals surface area (Å²) in [5.41, 5.74) is 1.32. The van der Waals surface area contributed by atoms with Crippen molar-refractivity contribution in [2.75, 3.05) is 6.54 Å². The summed E-state index contributed by atoms with van der Waals surface area (Å²) in [6.07, 6.45) is 2.64. The minimum atomic E-state index is -0.683. The topological polar surface area (TPSA) is 40.5 Å². The van der Waals surface area contributed by atoms with Gasteiger partial charge in [-0.05, 0) is 36.8 Å². The Hall–Kier alpha value is -0.870. The van der Waals surface area contributed by atoms with Gasteiger partial charge in [0.15, 0.2) is 0 Å². The van der Waals surface area contributed by atoms with Crippen LogP contribution < -0.4 is 0 Å². The van der Waals surface area contributed by atoms with Crippen molar-refractivity contribution in [1.29, 1.82) is 0 Å². The van der Waals surface area contributed by atoms with E-state index in [9.17, 15) is 9.90 Å². The molecule has 94 valence electrons. The lowest BCUT2D eigenvalue weighted by Crippen LogP contribution is -2.45. The minimum absolute atomic E-state index is 0.234. The van der Waals surface area contributed by atoms with E-state index < -0.39 is 5.97 Å². The molecule has 4 heteroatoms. The first kappa shape index (κ1) is 12.6. The van der Waals surface area contributed by atoms with Gasteiger partial charge in [0.2, 0.25) is 0 Å². The third-order valence-electron chi connectivity index (χ3n) is 3.57. The lowest BCUT2D eigenvalue weighted by Gasteiger charge is -2.37. The number of aliphatic carboxylic acids is 1. The maximum atomic E-state index is 11.3. The fraction of sp³-hybridized carbons (Fsp3) is 0.615. The van der Waals surface area contributed by atoms with Crippen molar-refractivity contribution in [3.05, 3.63) is 21.9 Å². The van der Waals surface area contributed by atoms with E-state index in [4.69, 9.17) is 0 Å². The van der Waals surface area contributed by atoms with E-state index in [1.54, 1.807) is 11.3 Å². The first-order valence-corrected chi connectivity index (χ1v) is 7.08. The number of hydrogen-bond acceptors (Lipinski definition) is 3. The normalized spacial score (nSPS) is 22.1. The van der Waals surface area contributed by atoms with Crippen LogP contribution >= 0.6 is 11.3 Å². The van der Waals surface area contributed by atoms with Crippen LogP contribution in [-0.4, -0.2) is 28.6 Å². The van der Waals surface area contributed by atoms with Gasteiger partial charge in [-0.15, -0.1) is 11.3 Å². The summed E-state index contributed by atoms with van der Waals surface area (Å²) < 4.78 is 0. The van der Waals surface area contributed by atoms with Crippen LogP contribution in [0, 0.1) is 0 Å². The molecule has 2 atom stereocenters. The second-order valence-electron chi connectivity index (χ2n) is 4.61. The second kappa shape index (κ2) is 5.19. The Labute approximate surface area is 106 Å². The molecule has 0 spiro atoms. The Kier molecular flexibility index (Phi) is 3.84. The molecule has 0 bridgehead atoms. The third kappa shape index (κ3) is 2.38. The quantitative estimate of drug-likeness (QED) is 0.897. The second-order valence-corrected chi connectivity index (χ2v) is 5.61. The highest BCUT2D eigenvalue weighted by atomic mass is 32.1. The van der Waals surface area contributed by atoms with Crippen LogP contribution in [0.15, 0.2) is 11.4 Å². The number of carboxylic acid groups (broad SMARTS) is 1. The SMILES string of the molecule is CCCC(C(=O)O)N1CCc2sccc2C1C. The molecule has 1 aromatic rings. The zero-order valence-electron chi connectivity index (χ0n) is 10.3. The van der Waals surface area contributed by atoms with E-state index >= 15 is 0 Å². The van der Waals surface area contributed by atoms with Gasteiger partial charge in [-0.2, -0.15) is 0 Å². The molecule has 0 saturated carbocycles. The van der Waals surface area contributed by atoms with Crippen LogP contribution in [-0.2, 0) is 11.2 Å². The zero-order valence-corrected chi connectivity index (χ0v) is 11.2. The van der Waals surface area contributed by atoms with Gasteiger partial charge >= 0.3 is 5.97 Å².